The molecule has 4 rings (SSSR count). The Balaban J connectivity index is 1.40. The standard InChI is InChI=1S/C19H22ClN3O3/c20-14-10-18-17(25-6-7-26-18)8-12(14)9-19(24)21-11-16-13-4-2-1-3-5-15(13)22-23-16/h8,10H,1-7,9,11H2,(H,21,24)(H,22,23). The summed E-state index contributed by atoms with van der Waals surface area (Å²) in [6.07, 6.45) is 5.90. The van der Waals surface area contributed by atoms with E-state index in [0.29, 0.717) is 36.3 Å². The number of fused-ring (bicyclic) bond motifs is 2. The second-order valence-electron chi connectivity index (χ2n) is 6.73. The van der Waals surface area contributed by atoms with E-state index in [-0.39, 0.29) is 12.3 Å². The number of benzene rings is 1. The molecule has 1 aliphatic carbocycles. The number of amides is 1. The predicted molar refractivity (Wildman–Crippen MR) is 97.8 cm³/mol. The fraction of sp³-hybridized carbons (Fsp3) is 0.474. The van der Waals surface area contributed by atoms with Crippen molar-refractivity contribution in [1.29, 1.82) is 0 Å². The van der Waals surface area contributed by atoms with Crippen molar-refractivity contribution in [2.24, 2.45) is 0 Å². The van der Waals surface area contributed by atoms with Crippen LogP contribution < -0.4 is 14.8 Å². The molecule has 1 aromatic heterocycles. The molecule has 1 aliphatic heterocycles. The molecule has 0 saturated carbocycles. The number of carbonyl (C=O) groups excluding carboxylic acids is 1. The predicted octanol–water partition coefficient (Wildman–Crippen LogP) is 2.96. The van der Waals surface area contributed by atoms with Gasteiger partial charge in [0.1, 0.15) is 13.2 Å². The summed E-state index contributed by atoms with van der Waals surface area (Å²) in [7, 11) is 0. The van der Waals surface area contributed by atoms with Crippen LogP contribution in [0.15, 0.2) is 12.1 Å². The molecule has 2 aromatic rings. The van der Waals surface area contributed by atoms with Crippen LogP contribution in [0, 0.1) is 0 Å². The van der Waals surface area contributed by atoms with Crippen LogP contribution in [0.1, 0.15) is 41.8 Å². The number of hydrogen-bond donors (Lipinski definition) is 2. The first kappa shape index (κ1) is 17.2. The number of aryl methyl sites for hydroxylation is 1. The first-order chi connectivity index (χ1) is 12.7. The maximum atomic E-state index is 12.4. The minimum Gasteiger partial charge on any atom is -0.486 e. The highest BCUT2D eigenvalue weighted by Crippen LogP contribution is 2.35. The summed E-state index contributed by atoms with van der Waals surface area (Å²) in [6.45, 7) is 1.45. The number of aromatic nitrogens is 2. The number of halogens is 1. The summed E-state index contributed by atoms with van der Waals surface area (Å²) in [5.74, 6) is 1.18. The van der Waals surface area contributed by atoms with Gasteiger partial charge in [0.05, 0.1) is 18.7 Å². The SMILES string of the molecule is O=C(Cc1cc2c(cc1Cl)OCCO2)NCc1n[nH]c2c1CCCCC2. The van der Waals surface area contributed by atoms with Crippen molar-refractivity contribution in [3.63, 3.8) is 0 Å². The Morgan fingerprint density at radius 1 is 1.15 bits per heavy atom. The van der Waals surface area contributed by atoms with Gasteiger partial charge in [-0.2, -0.15) is 5.10 Å². The Kier molecular flexibility index (Phi) is 5.02. The molecule has 138 valence electrons. The fourth-order valence-electron chi connectivity index (χ4n) is 3.53. The summed E-state index contributed by atoms with van der Waals surface area (Å²) < 4.78 is 11.1. The number of ether oxygens (including phenoxy) is 2. The molecule has 0 unspecified atom stereocenters. The van der Waals surface area contributed by atoms with Gasteiger partial charge in [0.25, 0.3) is 0 Å². The smallest absolute Gasteiger partial charge is 0.224 e. The summed E-state index contributed by atoms with van der Waals surface area (Å²) in [5, 5.41) is 11.0. The Hall–Kier alpha value is -2.21. The first-order valence-electron chi connectivity index (χ1n) is 9.10. The minimum absolute atomic E-state index is 0.0889. The van der Waals surface area contributed by atoms with Gasteiger partial charge < -0.3 is 14.8 Å². The van der Waals surface area contributed by atoms with E-state index >= 15 is 0 Å². The van der Waals surface area contributed by atoms with Crippen molar-refractivity contribution in [2.45, 2.75) is 45.1 Å². The number of rotatable bonds is 4. The molecule has 0 radical (unpaired) electrons. The van der Waals surface area contributed by atoms with Crippen molar-refractivity contribution in [3.8, 4) is 11.5 Å². The highest BCUT2D eigenvalue weighted by molar-refractivity contribution is 6.31. The quantitative estimate of drug-likeness (QED) is 0.805. The second-order valence-corrected chi connectivity index (χ2v) is 7.14. The minimum atomic E-state index is -0.0889. The molecule has 0 saturated heterocycles. The Bertz CT molecular complexity index is 819. The summed E-state index contributed by atoms with van der Waals surface area (Å²) >= 11 is 6.29. The molecule has 1 aromatic carbocycles. The van der Waals surface area contributed by atoms with Gasteiger partial charge in [-0.3, -0.25) is 9.89 Å². The van der Waals surface area contributed by atoms with Crippen LogP contribution >= 0.6 is 11.6 Å². The van der Waals surface area contributed by atoms with Crippen LogP contribution in [0.25, 0.3) is 0 Å². The topological polar surface area (TPSA) is 76.2 Å². The molecule has 2 N–H and O–H groups in total. The van der Waals surface area contributed by atoms with Gasteiger partial charge in [-0.25, -0.2) is 0 Å². The Morgan fingerprint density at radius 2 is 1.92 bits per heavy atom. The van der Waals surface area contributed by atoms with Gasteiger partial charge in [0, 0.05) is 16.8 Å². The number of nitrogens with zero attached hydrogens (tertiary/aromatic N) is 1. The average Bonchev–Trinajstić information content (AvgIpc) is 2.87. The zero-order chi connectivity index (χ0) is 17.9. The number of hydrogen-bond acceptors (Lipinski definition) is 4. The van der Waals surface area contributed by atoms with Crippen molar-refractivity contribution >= 4 is 17.5 Å². The lowest BCUT2D eigenvalue weighted by molar-refractivity contribution is -0.120. The number of aromatic amines is 1. The third-order valence-corrected chi connectivity index (χ3v) is 5.26. The molecular formula is C19H22ClN3O3. The highest BCUT2D eigenvalue weighted by atomic mass is 35.5. The van der Waals surface area contributed by atoms with Gasteiger partial charge in [-0.1, -0.05) is 18.0 Å². The lowest BCUT2D eigenvalue weighted by Gasteiger charge is -2.19. The largest absolute Gasteiger partial charge is 0.486 e. The molecule has 2 heterocycles. The van der Waals surface area contributed by atoms with Gasteiger partial charge in [0.2, 0.25) is 5.91 Å². The Morgan fingerprint density at radius 3 is 2.77 bits per heavy atom. The molecule has 2 aliphatic rings. The molecule has 26 heavy (non-hydrogen) atoms. The molecule has 0 atom stereocenters. The van der Waals surface area contributed by atoms with Crippen molar-refractivity contribution in [1.82, 2.24) is 15.5 Å². The average molecular weight is 376 g/mol. The molecule has 0 fully saturated rings. The van der Waals surface area contributed by atoms with E-state index in [2.05, 4.69) is 15.5 Å². The monoisotopic (exact) mass is 375 g/mol. The molecule has 7 heteroatoms. The van der Waals surface area contributed by atoms with E-state index in [0.717, 1.165) is 24.1 Å². The van der Waals surface area contributed by atoms with Crippen molar-refractivity contribution < 1.29 is 14.3 Å². The lowest BCUT2D eigenvalue weighted by atomic mass is 10.1. The van der Waals surface area contributed by atoms with Crippen LogP contribution in [-0.2, 0) is 30.6 Å². The van der Waals surface area contributed by atoms with Crippen LogP contribution in [0.2, 0.25) is 5.02 Å². The molecular weight excluding hydrogens is 354 g/mol. The fourth-order valence-corrected chi connectivity index (χ4v) is 3.75. The van der Waals surface area contributed by atoms with E-state index in [1.165, 1.54) is 30.5 Å². The number of nitrogens with one attached hydrogen (secondary N) is 2. The van der Waals surface area contributed by atoms with E-state index < -0.39 is 0 Å². The number of carbonyl (C=O) groups is 1. The third-order valence-electron chi connectivity index (χ3n) is 4.91. The van der Waals surface area contributed by atoms with Crippen LogP contribution in [-0.4, -0.2) is 29.3 Å². The molecule has 6 nitrogen and oxygen atoms in total. The maximum Gasteiger partial charge on any atom is 0.224 e. The number of H-pyrrole nitrogens is 1. The van der Waals surface area contributed by atoms with E-state index in [1.54, 1.807) is 12.1 Å². The van der Waals surface area contributed by atoms with Crippen LogP contribution in [0.3, 0.4) is 0 Å². The first-order valence-corrected chi connectivity index (χ1v) is 9.48. The van der Waals surface area contributed by atoms with Crippen molar-refractivity contribution in [3.05, 3.63) is 39.7 Å². The van der Waals surface area contributed by atoms with Crippen molar-refractivity contribution in [2.75, 3.05) is 13.2 Å². The normalized spacial score (nSPS) is 15.9. The van der Waals surface area contributed by atoms with Crippen LogP contribution in [0.4, 0.5) is 0 Å². The van der Waals surface area contributed by atoms with Crippen LogP contribution in [0.5, 0.6) is 11.5 Å². The van der Waals surface area contributed by atoms with Gasteiger partial charge in [-0.15, -0.1) is 0 Å². The lowest BCUT2D eigenvalue weighted by Crippen LogP contribution is -2.25. The summed E-state index contributed by atoms with van der Waals surface area (Å²) in [6, 6.07) is 3.50. The molecule has 1 amide bonds. The second kappa shape index (κ2) is 7.58. The molecule has 0 spiro atoms. The van der Waals surface area contributed by atoms with E-state index in [4.69, 9.17) is 21.1 Å². The third kappa shape index (κ3) is 3.65. The molecule has 0 bridgehead atoms. The van der Waals surface area contributed by atoms with E-state index in [1.807, 2.05) is 0 Å². The van der Waals surface area contributed by atoms with Gasteiger partial charge in [-0.05, 0) is 42.9 Å². The Labute approximate surface area is 157 Å². The summed E-state index contributed by atoms with van der Waals surface area (Å²) in [5.41, 5.74) is 4.18. The zero-order valence-corrected chi connectivity index (χ0v) is 15.3. The van der Waals surface area contributed by atoms with E-state index in [9.17, 15) is 4.79 Å². The zero-order valence-electron chi connectivity index (χ0n) is 14.6. The van der Waals surface area contributed by atoms with Gasteiger partial charge >= 0.3 is 0 Å². The summed E-state index contributed by atoms with van der Waals surface area (Å²) in [4.78, 5) is 12.4. The maximum absolute atomic E-state index is 12.4. The van der Waals surface area contributed by atoms with Gasteiger partial charge in [0.15, 0.2) is 11.5 Å². The highest BCUT2D eigenvalue weighted by Gasteiger charge is 2.18.